The second-order valence-corrected chi connectivity index (χ2v) is 4.20. The molecule has 0 saturated heterocycles. The van der Waals surface area contributed by atoms with Crippen LogP contribution in [0.2, 0.25) is 0 Å². The summed E-state index contributed by atoms with van der Waals surface area (Å²) in [5, 5.41) is 11.8. The van der Waals surface area contributed by atoms with Crippen LogP contribution in [-0.2, 0) is 0 Å². The number of halogens is 1. The van der Waals surface area contributed by atoms with Crippen LogP contribution >= 0.6 is 0 Å². The highest BCUT2D eigenvalue weighted by atomic mass is 19.1. The summed E-state index contributed by atoms with van der Waals surface area (Å²) < 4.78 is 13.4. The number of nitrogens with two attached hydrogens (primary N) is 1. The van der Waals surface area contributed by atoms with E-state index in [1.54, 1.807) is 13.8 Å². The number of hydrogen-bond donors (Lipinski definition) is 3. The lowest BCUT2D eigenvalue weighted by Gasteiger charge is -2.15. The van der Waals surface area contributed by atoms with Crippen molar-refractivity contribution < 1.29 is 14.3 Å². The van der Waals surface area contributed by atoms with Crippen molar-refractivity contribution in [2.75, 3.05) is 5.73 Å². The van der Waals surface area contributed by atoms with Gasteiger partial charge in [-0.05, 0) is 38.5 Å². The molecule has 0 fully saturated rings. The molecule has 0 aromatic heterocycles. The molecule has 0 bridgehead atoms. The van der Waals surface area contributed by atoms with Crippen LogP contribution < -0.4 is 11.1 Å². The normalized spacial score (nSPS) is 14.1. The highest BCUT2D eigenvalue weighted by molar-refractivity contribution is 5.94. The fourth-order valence-electron chi connectivity index (χ4n) is 1.59. The van der Waals surface area contributed by atoms with Crippen LogP contribution in [0.4, 0.5) is 10.1 Å². The number of benzene rings is 1. The van der Waals surface area contributed by atoms with Gasteiger partial charge in [0.2, 0.25) is 0 Å². The quantitative estimate of drug-likeness (QED) is 0.694. The SMILES string of the molecule is CC(O)CC(C)NC(=O)c1ccc(N)cc1F. The predicted octanol–water partition coefficient (Wildman–Crippen LogP) is 1.30. The Labute approximate surface area is 99.6 Å². The van der Waals surface area contributed by atoms with Gasteiger partial charge in [0.05, 0.1) is 11.7 Å². The largest absolute Gasteiger partial charge is 0.399 e. The van der Waals surface area contributed by atoms with Crippen molar-refractivity contribution >= 4 is 11.6 Å². The fourth-order valence-corrected chi connectivity index (χ4v) is 1.59. The maximum Gasteiger partial charge on any atom is 0.254 e. The van der Waals surface area contributed by atoms with E-state index in [0.29, 0.717) is 6.42 Å². The van der Waals surface area contributed by atoms with E-state index < -0.39 is 17.8 Å². The average molecular weight is 240 g/mol. The first kappa shape index (κ1) is 13.4. The zero-order valence-electron chi connectivity index (χ0n) is 9.90. The molecule has 2 atom stereocenters. The maximum atomic E-state index is 13.4. The summed E-state index contributed by atoms with van der Waals surface area (Å²) in [6.45, 7) is 3.38. The molecule has 1 aromatic rings. The van der Waals surface area contributed by atoms with Gasteiger partial charge < -0.3 is 16.2 Å². The van der Waals surface area contributed by atoms with Crippen LogP contribution in [0.15, 0.2) is 18.2 Å². The first-order valence-electron chi connectivity index (χ1n) is 5.44. The number of carbonyl (C=O) groups excluding carboxylic acids is 1. The van der Waals surface area contributed by atoms with Gasteiger partial charge in [0, 0.05) is 11.7 Å². The van der Waals surface area contributed by atoms with E-state index in [0.717, 1.165) is 6.07 Å². The molecule has 4 N–H and O–H groups in total. The summed E-state index contributed by atoms with van der Waals surface area (Å²) in [7, 11) is 0. The van der Waals surface area contributed by atoms with Crippen molar-refractivity contribution in [2.24, 2.45) is 0 Å². The van der Waals surface area contributed by atoms with E-state index in [-0.39, 0.29) is 17.3 Å². The Kier molecular flexibility index (Phi) is 4.45. The van der Waals surface area contributed by atoms with Gasteiger partial charge in [-0.1, -0.05) is 0 Å². The van der Waals surface area contributed by atoms with Crippen molar-refractivity contribution in [3.63, 3.8) is 0 Å². The molecule has 1 amide bonds. The van der Waals surface area contributed by atoms with E-state index in [1.165, 1.54) is 12.1 Å². The van der Waals surface area contributed by atoms with E-state index in [2.05, 4.69) is 5.32 Å². The summed E-state index contributed by atoms with van der Waals surface area (Å²) in [6, 6.07) is 3.69. The van der Waals surface area contributed by atoms with Crippen LogP contribution in [0.25, 0.3) is 0 Å². The molecule has 1 aromatic carbocycles. The molecule has 0 aliphatic heterocycles. The first-order chi connectivity index (χ1) is 7.90. The topological polar surface area (TPSA) is 75.3 Å². The Hall–Kier alpha value is -1.62. The molecule has 17 heavy (non-hydrogen) atoms. The average Bonchev–Trinajstić information content (AvgIpc) is 2.15. The molecule has 0 saturated carbocycles. The second kappa shape index (κ2) is 5.63. The molecule has 2 unspecified atom stereocenters. The zero-order valence-corrected chi connectivity index (χ0v) is 9.90. The molecule has 1 rings (SSSR count). The van der Waals surface area contributed by atoms with Gasteiger partial charge in [0.1, 0.15) is 5.82 Å². The monoisotopic (exact) mass is 240 g/mol. The summed E-state index contributed by atoms with van der Waals surface area (Å²) in [6.07, 6.45) is -0.0935. The Morgan fingerprint density at radius 2 is 2.18 bits per heavy atom. The third-order valence-electron chi connectivity index (χ3n) is 2.31. The molecular weight excluding hydrogens is 223 g/mol. The lowest BCUT2D eigenvalue weighted by molar-refractivity contribution is 0.0919. The summed E-state index contributed by atoms with van der Waals surface area (Å²) in [5.41, 5.74) is 5.62. The van der Waals surface area contributed by atoms with E-state index >= 15 is 0 Å². The van der Waals surface area contributed by atoms with E-state index in [4.69, 9.17) is 10.8 Å². The van der Waals surface area contributed by atoms with Crippen LogP contribution in [0.1, 0.15) is 30.6 Å². The highest BCUT2D eigenvalue weighted by Gasteiger charge is 2.15. The predicted molar refractivity (Wildman–Crippen MR) is 64.0 cm³/mol. The molecule has 4 nitrogen and oxygen atoms in total. The Morgan fingerprint density at radius 1 is 1.53 bits per heavy atom. The van der Waals surface area contributed by atoms with Gasteiger partial charge in [0.15, 0.2) is 0 Å². The highest BCUT2D eigenvalue weighted by Crippen LogP contribution is 2.12. The summed E-state index contributed by atoms with van der Waals surface area (Å²) in [4.78, 5) is 11.7. The number of nitrogens with one attached hydrogen (secondary N) is 1. The number of aliphatic hydroxyl groups is 1. The van der Waals surface area contributed by atoms with Gasteiger partial charge in [-0.25, -0.2) is 4.39 Å². The van der Waals surface area contributed by atoms with Crippen LogP contribution in [0.3, 0.4) is 0 Å². The number of rotatable bonds is 4. The van der Waals surface area contributed by atoms with E-state index in [1.807, 2.05) is 0 Å². The van der Waals surface area contributed by atoms with Crippen LogP contribution in [0.5, 0.6) is 0 Å². The molecule has 0 spiro atoms. The van der Waals surface area contributed by atoms with Gasteiger partial charge in [0.25, 0.3) is 5.91 Å². The number of nitrogen functional groups attached to an aromatic ring is 1. The number of amides is 1. The molecule has 0 aliphatic rings. The number of aliphatic hydroxyl groups excluding tert-OH is 1. The molecule has 5 heteroatoms. The van der Waals surface area contributed by atoms with Crippen molar-refractivity contribution in [1.82, 2.24) is 5.32 Å². The number of hydrogen-bond acceptors (Lipinski definition) is 3. The Balaban J connectivity index is 2.70. The third-order valence-corrected chi connectivity index (χ3v) is 2.31. The Morgan fingerprint density at radius 3 is 2.71 bits per heavy atom. The van der Waals surface area contributed by atoms with Crippen molar-refractivity contribution in [3.05, 3.63) is 29.6 Å². The van der Waals surface area contributed by atoms with Crippen molar-refractivity contribution in [1.29, 1.82) is 0 Å². The molecular formula is C12H17FN2O2. The minimum Gasteiger partial charge on any atom is -0.399 e. The first-order valence-corrected chi connectivity index (χ1v) is 5.44. The minimum atomic E-state index is -0.647. The van der Waals surface area contributed by atoms with Crippen LogP contribution in [-0.4, -0.2) is 23.2 Å². The maximum absolute atomic E-state index is 13.4. The molecule has 94 valence electrons. The molecule has 0 aliphatic carbocycles. The third kappa shape index (κ3) is 4.03. The van der Waals surface area contributed by atoms with Gasteiger partial charge >= 0.3 is 0 Å². The zero-order chi connectivity index (χ0) is 13.0. The Bertz CT molecular complexity index is 407. The van der Waals surface area contributed by atoms with Gasteiger partial charge in [-0.3, -0.25) is 4.79 Å². The lowest BCUT2D eigenvalue weighted by atomic mass is 10.1. The second-order valence-electron chi connectivity index (χ2n) is 4.20. The summed E-state index contributed by atoms with van der Waals surface area (Å²) in [5.74, 6) is -1.15. The van der Waals surface area contributed by atoms with Crippen molar-refractivity contribution in [3.8, 4) is 0 Å². The van der Waals surface area contributed by atoms with E-state index in [9.17, 15) is 9.18 Å². The number of carbonyl (C=O) groups is 1. The molecule has 0 heterocycles. The lowest BCUT2D eigenvalue weighted by Crippen LogP contribution is -2.35. The van der Waals surface area contributed by atoms with Gasteiger partial charge in [-0.15, -0.1) is 0 Å². The van der Waals surface area contributed by atoms with Crippen molar-refractivity contribution in [2.45, 2.75) is 32.4 Å². The van der Waals surface area contributed by atoms with Crippen LogP contribution in [0, 0.1) is 5.82 Å². The standard InChI is InChI=1S/C12H17FN2O2/c1-7(5-8(2)16)15-12(17)10-4-3-9(14)6-11(10)13/h3-4,6-8,16H,5,14H2,1-2H3,(H,15,17). The van der Waals surface area contributed by atoms with Gasteiger partial charge in [-0.2, -0.15) is 0 Å². The number of anilines is 1. The molecule has 0 radical (unpaired) electrons. The smallest absolute Gasteiger partial charge is 0.254 e. The minimum absolute atomic E-state index is 0.0448. The summed E-state index contributed by atoms with van der Waals surface area (Å²) >= 11 is 0. The fraction of sp³-hybridized carbons (Fsp3) is 0.417.